The van der Waals surface area contributed by atoms with Gasteiger partial charge in [-0.05, 0) is 50.3 Å². The van der Waals surface area contributed by atoms with Crippen molar-refractivity contribution in [1.29, 1.82) is 0 Å². The number of alkyl halides is 1. The van der Waals surface area contributed by atoms with Gasteiger partial charge in [0.2, 0.25) is 5.91 Å². The van der Waals surface area contributed by atoms with Gasteiger partial charge in [-0.3, -0.25) is 4.79 Å². The summed E-state index contributed by atoms with van der Waals surface area (Å²) in [4.78, 5) is 53.7. The molecule has 0 saturated heterocycles. The molecular formula is C35H41ClN2O7. The largest absolute Gasteiger partial charge is 0.459 e. The van der Waals surface area contributed by atoms with E-state index in [4.69, 9.17) is 25.8 Å². The van der Waals surface area contributed by atoms with Crippen LogP contribution in [0.25, 0.3) is 0 Å². The molecule has 0 unspecified atom stereocenters. The number of ether oxygens (including phenoxy) is 3. The first kappa shape index (κ1) is 35.1. The fourth-order valence-electron chi connectivity index (χ4n) is 4.51. The fraction of sp³-hybridized carbons (Fsp3) is 0.371. The van der Waals surface area contributed by atoms with Crippen molar-refractivity contribution >= 4 is 35.5 Å². The maximum atomic E-state index is 13.5. The number of hydrogen-bond donors (Lipinski definition) is 1. The van der Waals surface area contributed by atoms with Crippen LogP contribution in [0, 0.1) is 0 Å². The van der Waals surface area contributed by atoms with E-state index < -0.39 is 41.6 Å². The van der Waals surface area contributed by atoms with Gasteiger partial charge in [0.1, 0.15) is 36.8 Å². The third-order valence-corrected chi connectivity index (χ3v) is 6.90. The predicted molar refractivity (Wildman–Crippen MR) is 171 cm³/mol. The number of carbonyl (C=O) groups is 4. The minimum atomic E-state index is -1.06. The van der Waals surface area contributed by atoms with E-state index in [-0.39, 0.29) is 44.9 Å². The molecule has 45 heavy (non-hydrogen) atoms. The number of carbonyl (C=O) groups excluding carboxylic acids is 4. The molecule has 2 amide bonds. The van der Waals surface area contributed by atoms with Gasteiger partial charge in [0.05, 0.1) is 0 Å². The summed E-state index contributed by atoms with van der Waals surface area (Å²) in [5, 5.41) is 2.60. The summed E-state index contributed by atoms with van der Waals surface area (Å²) < 4.78 is 16.5. The molecule has 2 atom stereocenters. The SMILES string of the molecule is CC(C)(C)OC(=O)N[C@@H](CCCN(C(=O)CCl)[C@@H](Cc1ccccc1)C(=O)OCc1ccccc1)C(=O)OCc1ccccc1. The zero-order chi connectivity index (χ0) is 32.7. The lowest BCUT2D eigenvalue weighted by Gasteiger charge is -2.31. The maximum Gasteiger partial charge on any atom is 0.408 e. The summed E-state index contributed by atoms with van der Waals surface area (Å²) in [6, 6.07) is 25.7. The zero-order valence-corrected chi connectivity index (χ0v) is 26.7. The topological polar surface area (TPSA) is 111 Å². The Labute approximate surface area is 269 Å². The lowest BCUT2D eigenvalue weighted by atomic mass is 10.0. The van der Waals surface area contributed by atoms with Crippen molar-refractivity contribution in [3.05, 3.63) is 108 Å². The average molecular weight is 637 g/mol. The van der Waals surface area contributed by atoms with Gasteiger partial charge in [0, 0.05) is 13.0 Å². The predicted octanol–water partition coefficient (Wildman–Crippen LogP) is 5.83. The van der Waals surface area contributed by atoms with Crippen LogP contribution in [-0.2, 0) is 48.2 Å². The highest BCUT2D eigenvalue weighted by molar-refractivity contribution is 6.27. The molecule has 0 radical (unpaired) electrons. The molecule has 240 valence electrons. The van der Waals surface area contributed by atoms with Gasteiger partial charge in [-0.2, -0.15) is 0 Å². The Morgan fingerprint density at radius 3 is 1.73 bits per heavy atom. The lowest BCUT2D eigenvalue weighted by molar-refractivity contribution is -0.156. The number of hydrogen-bond acceptors (Lipinski definition) is 7. The number of benzene rings is 3. The molecule has 0 aromatic heterocycles. The molecule has 3 aromatic rings. The Bertz CT molecular complexity index is 1370. The smallest absolute Gasteiger partial charge is 0.408 e. The average Bonchev–Trinajstić information content (AvgIpc) is 3.03. The van der Waals surface area contributed by atoms with Crippen molar-refractivity contribution in [2.45, 2.75) is 70.9 Å². The van der Waals surface area contributed by atoms with Gasteiger partial charge in [-0.15, -0.1) is 11.6 Å². The van der Waals surface area contributed by atoms with Crippen molar-refractivity contribution in [3.63, 3.8) is 0 Å². The number of rotatable bonds is 15. The van der Waals surface area contributed by atoms with Gasteiger partial charge in [0.25, 0.3) is 0 Å². The van der Waals surface area contributed by atoms with Crippen molar-refractivity contribution in [1.82, 2.24) is 10.2 Å². The van der Waals surface area contributed by atoms with E-state index in [1.54, 1.807) is 20.8 Å². The Hall–Kier alpha value is -4.37. The third kappa shape index (κ3) is 12.6. The summed E-state index contributed by atoms with van der Waals surface area (Å²) in [6.45, 7) is 5.29. The zero-order valence-electron chi connectivity index (χ0n) is 25.9. The quantitative estimate of drug-likeness (QED) is 0.127. The van der Waals surface area contributed by atoms with Crippen molar-refractivity contribution in [3.8, 4) is 0 Å². The highest BCUT2D eigenvalue weighted by atomic mass is 35.5. The van der Waals surface area contributed by atoms with Crippen LogP contribution in [0.3, 0.4) is 0 Å². The highest BCUT2D eigenvalue weighted by Crippen LogP contribution is 2.16. The van der Waals surface area contributed by atoms with Crippen LogP contribution >= 0.6 is 11.6 Å². The summed E-state index contributed by atoms with van der Waals surface area (Å²) in [7, 11) is 0. The summed E-state index contributed by atoms with van der Waals surface area (Å²) in [5.74, 6) is -2.04. The second-order valence-corrected chi connectivity index (χ2v) is 11.7. The maximum absolute atomic E-state index is 13.5. The van der Waals surface area contributed by atoms with E-state index in [9.17, 15) is 19.2 Å². The first-order chi connectivity index (χ1) is 21.6. The molecule has 0 aliphatic rings. The molecule has 0 heterocycles. The molecule has 9 nitrogen and oxygen atoms in total. The molecule has 3 aromatic carbocycles. The summed E-state index contributed by atoms with van der Waals surface area (Å²) in [5.41, 5.74) is 1.65. The Morgan fingerprint density at radius 2 is 1.24 bits per heavy atom. The molecule has 3 rings (SSSR count). The lowest BCUT2D eigenvalue weighted by Crippen LogP contribution is -2.49. The summed E-state index contributed by atoms with van der Waals surface area (Å²) >= 11 is 6.00. The van der Waals surface area contributed by atoms with Crippen LogP contribution in [0.4, 0.5) is 4.79 Å². The second-order valence-electron chi connectivity index (χ2n) is 11.5. The Morgan fingerprint density at radius 1 is 0.756 bits per heavy atom. The van der Waals surface area contributed by atoms with E-state index in [1.807, 2.05) is 91.0 Å². The molecule has 1 N–H and O–H groups in total. The number of halogens is 1. The number of esters is 2. The van der Waals surface area contributed by atoms with Crippen molar-refractivity contribution in [2.24, 2.45) is 0 Å². The first-order valence-corrected chi connectivity index (χ1v) is 15.4. The van der Waals surface area contributed by atoms with E-state index in [0.29, 0.717) is 0 Å². The van der Waals surface area contributed by atoms with Gasteiger partial charge < -0.3 is 24.4 Å². The minimum Gasteiger partial charge on any atom is -0.459 e. The minimum absolute atomic E-state index is 0.0232. The number of alkyl carbamates (subject to hydrolysis) is 1. The first-order valence-electron chi connectivity index (χ1n) is 14.9. The van der Waals surface area contributed by atoms with Crippen LogP contribution < -0.4 is 5.32 Å². The molecule has 0 bridgehead atoms. The van der Waals surface area contributed by atoms with Gasteiger partial charge in [-0.25, -0.2) is 14.4 Å². The molecule has 0 saturated carbocycles. The van der Waals surface area contributed by atoms with Crippen LogP contribution in [0.2, 0.25) is 0 Å². The Balaban J connectivity index is 1.75. The molecule has 10 heteroatoms. The molecular weight excluding hydrogens is 596 g/mol. The fourth-order valence-corrected chi connectivity index (χ4v) is 4.66. The van der Waals surface area contributed by atoms with Gasteiger partial charge in [0.15, 0.2) is 0 Å². The van der Waals surface area contributed by atoms with Crippen LogP contribution in [0.15, 0.2) is 91.0 Å². The standard InChI is InChI=1S/C35H41ClN2O7/c1-35(2,3)45-34(42)37-29(32(40)43-24-27-16-9-5-10-17-27)20-13-21-38(31(39)23-36)30(22-26-14-7-4-8-15-26)33(41)44-25-28-18-11-6-12-19-28/h4-12,14-19,29-30H,13,20-25H2,1-3H3,(H,37,42)/t29-,30-/m0/s1. The monoisotopic (exact) mass is 636 g/mol. The number of nitrogens with zero attached hydrogens (tertiary/aromatic N) is 1. The Kier molecular flexibility index (Phi) is 13.9. The number of amides is 2. The molecule has 0 fully saturated rings. The van der Waals surface area contributed by atoms with Crippen molar-refractivity contribution < 1.29 is 33.4 Å². The van der Waals surface area contributed by atoms with Crippen molar-refractivity contribution in [2.75, 3.05) is 12.4 Å². The highest BCUT2D eigenvalue weighted by Gasteiger charge is 2.32. The molecule has 0 aliphatic carbocycles. The van der Waals surface area contributed by atoms with Crippen LogP contribution in [-0.4, -0.2) is 58.9 Å². The molecule has 0 aliphatic heterocycles. The third-order valence-electron chi connectivity index (χ3n) is 6.67. The van der Waals surface area contributed by atoms with Gasteiger partial charge >= 0.3 is 18.0 Å². The van der Waals surface area contributed by atoms with Gasteiger partial charge in [-0.1, -0.05) is 91.0 Å². The van der Waals surface area contributed by atoms with Crippen LogP contribution in [0.5, 0.6) is 0 Å². The van der Waals surface area contributed by atoms with E-state index >= 15 is 0 Å². The normalized spacial score (nSPS) is 12.4. The van der Waals surface area contributed by atoms with E-state index in [2.05, 4.69) is 5.32 Å². The van der Waals surface area contributed by atoms with E-state index in [0.717, 1.165) is 16.7 Å². The number of nitrogens with one attached hydrogen (secondary N) is 1. The molecule has 0 spiro atoms. The summed E-state index contributed by atoms with van der Waals surface area (Å²) in [6.07, 6.45) is -0.226. The van der Waals surface area contributed by atoms with Crippen LogP contribution in [0.1, 0.15) is 50.3 Å². The van der Waals surface area contributed by atoms with E-state index in [1.165, 1.54) is 4.90 Å². The second kappa shape index (κ2) is 17.8.